The molecule has 3 rings (SSSR count). The van der Waals surface area contributed by atoms with Crippen molar-refractivity contribution in [2.45, 2.75) is 6.92 Å². The number of nitrogens with one attached hydrogen (secondary N) is 1. The van der Waals surface area contributed by atoms with Gasteiger partial charge < -0.3 is 10.1 Å². The van der Waals surface area contributed by atoms with Crippen LogP contribution in [-0.4, -0.2) is 18.5 Å². The van der Waals surface area contributed by atoms with Crippen molar-refractivity contribution in [2.75, 3.05) is 11.9 Å². The molecule has 3 aromatic carbocycles. The van der Waals surface area contributed by atoms with Crippen LogP contribution in [0.5, 0.6) is 0 Å². The third kappa shape index (κ3) is 3.60. The second kappa shape index (κ2) is 6.96. The van der Waals surface area contributed by atoms with Crippen molar-refractivity contribution in [3.63, 3.8) is 0 Å². The van der Waals surface area contributed by atoms with Gasteiger partial charge in [0, 0.05) is 5.69 Å². The number of anilines is 1. The van der Waals surface area contributed by atoms with E-state index < -0.39 is 5.97 Å². The van der Waals surface area contributed by atoms with Crippen LogP contribution in [0.2, 0.25) is 0 Å². The normalized spacial score (nSPS) is 10.4. The van der Waals surface area contributed by atoms with Crippen LogP contribution < -0.4 is 5.32 Å². The maximum atomic E-state index is 12.1. The maximum absolute atomic E-state index is 12.1. The summed E-state index contributed by atoms with van der Waals surface area (Å²) < 4.78 is 5.10. The number of carbonyl (C=O) groups is 2. The van der Waals surface area contributed by atoms with Crippen LogP contribution >= 0.6 is 0 Å². The smallest absolute Gasteiger partial charge is 0.338 e. The van der Waals surface area contributed by atoms with Crippen molar-refractivity contribution < 1.29 is 14.3 Å². The lowest BCUT2D eigenvalue weighted by atomic mass is 10.1. The molecular weight excluding hydrogens is 302 g/mol. The monoisotopic (exact) mass is 319 g/mol. The molecule has 0 spiro atoms. The first kappa shape index (κ1) is 15.7. The number of hydrogen-bond acceptors (Lipinski definition) is 3. The summed E-state index contributed by atoms with van der Waals surface area (Å²) >= 11 is 0. The van der Waals surface area contributed by atoms with Crippen molar-refractivity contribution in [1.29, 1.82) is 0 Å². The van der Waals surface area contributed by atoms with Crippen molar-refractivity contribution in [2.24, 2.45) is 0 Å². The number of aryl methyl sites for hydroxylation is 1. The summed E-state index contributed by atoms with van der Waals surface area (Å²) in [5.41, 5.74) is 2.09. The molecule has 0 fully saturated rings. The number of esters is 1. The van der Waals surface area contributed by atoms with Crippen LogP contribution in [-0.2, 0) is 9.53 Å². The Morgan fingerprint density at radius 2 is 1.62 bits per heavy atom. The summed E-state index contributed by atoms with van der Waals surface area (Å²) in [5, 5.41) is 4.73. The van der Waals surface area contributed by atoms with Crippen LogP contribution in [0.4, 0.5) is 5.69 Å². The standard InChI is InChI=1S/C20H17NO3/c1-14-6-2-5-9-18(14)21-19(22)13-24-20(23)17-11-10-15-7-3-4-8-16(15)12-17/h2-12H,13H2,1H3,(H,21,22). The van der Waals surface area contributed by atoms with Gasteiger partial charge in [-0.3, -0.25) is 4.79 Å². The van der Waals surface area contributed by atoms with E-state index in [1.54, 1.807) is 18.2 Å². The predicted octanol–water partition coefficient (Wildman–Crippen LogP) is 3.94. The Morgan fingerprint density at radius 1 is 0.917 bits per heavy atom. The van der Waals surface area contributed by atoms with Gasteiger partial charge in [0.2, 0.25) is 0 Å². The second-order valence-electron chi connectivity index (χ2n) is 5.50. The fraction of sp³-hybridized carbons (Fsp3) is 0.100. The van der Waals surface area contributed by atoms with Gasteiger partial charge in [0.1, 0.15) is 0 Å². The molecule has 0 aliphatic carbocycles. The lowest BCUT2D eigenvalue weighted by molar-refractivity contribution is -0.119. The summed E-state index contributed by atoms with van der Waals surface area (Å²) in [4.78, 5) is 24.0. The van der Waals surface area contributed by atoms with E-state index in [1.807, 2.05) is 55.5 Å². The maximum Gasteiger partial charge on any atom is 0.338 e. The lowest BCUT2D eigenvalue weighted by Gasteiger charge is -2.09. The largest absolute Gasteiger partial charge is 0.452 e. The van der Waals surface area contributed by atoms with Gasteiger partial charge in [-0.1, -0.05) is 48.5 Å². The first-order valence-electron chi connectivity index (χ1n) is 7.65. The molecule has 120 valence electrons. The number of rotatable bonds is 4. The molecule has 0 radical (unpaired) electrons. The molecule has 4 heteroatoms. The Labute approximate surface area is 140 Å². The Kier molecular flexibility index (Phi) is 4.57. The zero-order valence-electron chi connectivity index (χ0n) is 13.3. The van der Waals surface area contributed by atoms with Crippen LogP contribution in [0, 0.1) is 6.92 Å². The van der Waals surface area contributed by atoms with E-state index in [-0.39, 0.29) is 12.5 Å². The molecule has 0 heterocycles. The van der Waals surface area contributed by atoms with Crippen LogP contribution in [0.15, 0.2) is 66.7 Å². The average molecular weight is 319 g/mol. The van der Waals surface area contributed by atoms with Gasteiger partial charge in [0.05, 0.1) is 5.56 Å². The Balaban J connectivity index is 1.62. The van der Waals surface area contributed by atoms with Crippen LogP contribution in [0.3, 0.4) is 0 Å². The fourth-order valence-electron chi connectivity index (χ4n) is 2.43. The minimum atomic E-state index is -0.513. The highest BCUT2D eigenvalue weighted by Gasteiger charge is 2.11. The van der Waals surface area contributed by atoms with Gasteiger partial charge in [0.15, 0.2) is 6.61 Å². The zero-order chi connectivity index (χ0) is 16.9. The second-order valence-corrected chi connectivity index (χ2v) is 5.50. The molecule has 0 bridgehead atoms. The highest BCUT2D eigenvalue weighted by Crippen LogP contribution is 2.16. The number of hydrogen-bond donors (Lipinski definition) is 1. The highest BCUT2D eigenvalue weighted by molar-refractivity contribution is 5.98. The van der Waals surface area contributed by atoms with E-state index >= 15 is 0 Å². The SMILES string of the molecule is Cc1ccccc1NC(=O)COC(=O)c1ccc2ccccc2c1. The molecule has 0 saturated carbocycles. The molecule has 0 aliphatic rings. The summed E-state index contributed by atoms with van der Waals surface area (Å²) in [5.74, 6) is -0.876. The molecule has 0 aliphatic heterocycles. The van der Waals surface area contributed by atoms with Gasteiger partial charge in [-0.05, 0) is 41.5 Å². The molecule has 0 unspecified atom stereocenters. The van der Waals surface area contributed by atoms with Gasteiger partial charge in [-0.2, -0.15) is 0 Å². The molecule has 0 atom stereocenters. The third-order valence-electron chi connectivity index (χ3n) is 3.74. The number of para-hydroxylation sites is 1. The Hall–Kier alpha value is -3.14. The number of amides is 1. The summed E-state index contributed by atoms with van der Waals surface area (Å²) in [6, 6.07) is 20.5. The number of ether oxygens (including phenoxy) is 1. The molecular formula is C20H17NO3. The number of carbonyl (C=O) groups excluding carboxylic acids is 2. The first-order valence-corrected chi connectivity index (χ1v) is 7.65. The first-order chi connectivity index (χ1) is 11.6. The fourth-order valence-corrected chi connectivity index (χ4v) is 2.43. The highest BCUT2D eigenvalue weighted by atomic mass is 16.5. The van der Waals surface area contributed by atoms with Crippen molar-refractivity contribution >= 4 is 28.3 Å². The zero-order valence-corrected chi connectivity index (χ0v) is 13.3. The molecule has 1 amide bonds. The van der Waals surface area contributed by atoms with E-state index in [4.69, 9.17) is 4.74 Å². The van der Waals surface area contributed by atoms with Gasteiger partial charge in [-0.15, -0.1) is 0 Å². The quantitative estimate of drug-likeness (QED) is 0.741. The third-order valence-corrected chi connectivity index (χ3v) is 3.74. The van der Waals surface area contributed by atoms with E-state index in [0.29, 0.717) is 11.3 Å². The predicted molar refractivity (Wildman–Crippen MR) is 94.0 cm³/mol. The molecule has 4 nitrogen and oxygen atoms in total. The molecule has 0 saturated heterocycles. The Bertz CT molecular complexity index is 902. The average Bonchev–Trinajstić information content (AvgIpc) is 2.61. The minimum Gasteiger partial charge on any atom is -0.452 e. The van der Waals surface area contributed by atoms with Crippen molar-refractivity contribution in [3.8, 4) is 0 Å². The minimum absolute atomic E-state index is 0.319. The van der Waals surface area contributed by atoms with E-state index in [0.717, 1.165) is 16.3 Å². The summed E-state index contributed by atoms with van der Waals surface area (Å²) in [7, 11) is 0. The molecule has 3 aromatic rings. The number of benzene rings is 3. The van der Waals surface area contributed by atoms with Crippen LogP contribution in [0.25, 0.3) is 10.8 Å². The summed E-state index contributed by atoms with van der Waals surface area (Å²) in [6.07, 6.45) is 0. The van der Waals surface area contributed by atoms with Crippen LogP contribution in [0.1, 0.15) is 15.9 Å². The topological polar surface area (TPSA) is 55.4 Å². The molecule has 24 heavy (non-hydrogen) atoms. The number of fused-ring (bicyclic) bond motifs is 1. The van der Waals surface area contributed by atoms with Gasteiger partial charge >= 0.3 is 5.97 Å². The summed E-state index contributed by atoms with van der Waals surface area (Å²) in [6.45, 7) is 1.58. The van der Waals surface area contributed by atoms with Crippen molar-refractivity contribution in [1.82, 2.24) is 0 Å². The molecule has 1 N–H and O–H groups in total. The van der Waals surface area contributed by atoms with E-state index in [1.165, 1.54) is 0 Å². The lowest BCUT2D eigenvalue weighted by Crippen LogP contribution is -2.21. The van der Waals surface area contributed by atoms with E-state index in [2.05, 4.69) is 5.32 Å². The van der Waals surface area contributed by atoms with Gasteiger partial charge in [0.25, 0.3) is 5.91 Å². The van der Waals surface area contributed by atoms with E-state index in [9.17, 15) is 9.59 Å². The Morgan fingerprint density at radius 3 is 2.42 bits per heavy atom. The van der Waals surface area contributed by atoms with Crippen molar-refractivity contribution in [3.05, 3.63) is 77.9 Å². The molecule has 0 aromatic heterocycles. The van der Waals surface area contributed by atoms with Gasteiger partial charge in [-0.25, -0.2) is 4.79 Å².